The molecule has 0 aromatic heterocycles. The van der Waals surface area contributed by atoms with Crippen LogP contribution < -0.4 is 5.32 Å². The first kappa shape index (κ1) is 13.8. The van der Waals surface area contributed by atoms with Crippen LogP contribution in [0.2, 0.25) is 0 Å². The van der Waals surface area contributed by atoms with Gasteiger partial charge in [0.2, 0.25) is 5.91 Å². The van der Waals surface area contributed by atoms with Crippen LogP contribution in [0.25, 0.3) is 0 Å². The summed E-state index contributed by atoms with van der Waals surface area (Å²) in [7, 11) is 0. The Morgan fingerprint density at radius 3 is 2.60 bits per heavy atom. The fraction of sp³-hybridized carbons (Fsp3) is 0.778. The first-order valence-corrected chi connectivity index (χ1v) is 4.66. The summed E-state index contributed by atoms with van der Waals surface area (Å²) >= 11 is 0. The molecule has 0 saturated carbocycles. The SMILES string of the molecule is CCCC(C#N)C(=O)NCC(O)C(F)F. The van der Waals surface area contributed by atoms with E-state index in [1.165, 1.54) is 0 Å². The number of hydrogen-bond donors (Lipinski definition) is 2. The lowest BCUT2D eigenvalue weighted by Crippen LogP contribution is -2.38. The second-order valence-electron chi connectivity index (χ2n) is 3.12. The Bertz CT molecular complexity index is 241. The molecule has 1 amide bonds. The van der Waals surface area contributed by atoms with Crippen LogP contribution in [0.4, 0.5) is 8.78 Å². The molecule has 0 saturated heterocycles. The number of aliphatic hydroxyl groups is 1. The van der Waals surface area contributed by atoms with Crippen molar-refractivity contribution < 1.29 is 18.7 Å². The van der Waals surface area contributed by atoms with Crippen molar-refractivity contribution in [3.8, 4) is 6.07 Å². The van der Waals surface area contributed by atoms with Gasteiger partial charge in [-0.05, 0) is 6.42 Å². The van der Waals surface area contributed by atoms with Crippen LogP contribution in [0, 0.1) is 17.2 Å². The van der Waals surface area contributed by atoms with Crippen LogP contribution in [0.5, 0.6) is 0 Å². The van der Waals surface area contributed by atoms with Gasteiger partial charge in [0.1, 0.15) is 12.0 Å². The van der Waals surface area contributed by atoms with Crippen molar-refractivity contribution in [2.24, 2.45) is 5.92 Å². The number of rotatable bonds is 6. The van der Waals surface area contributed by atoms with E-state index in [-0.39, 0.29) is 0 Å². The number of nitrogens with zero attached hydrogens (tertiary/aromatic N) is 1. The van der Waals surface area contributed by atoms with Crippen LogP contribution in [-0.4, -0.2) is 30.1 Å². The van der Waals surface area contributed by atoms with Gasteiger partial charge >= 0.3 is 0 Å². The third-order valence-corrected chi connectivity index (χ3v) is 1.83. The van der Waals surface area contributed by atoms with Crippen LogP contribution in [0.1, 0.15) is 19.8 Å². The molecule has 0 bridgehead atoms. The number of hydrogen-bond acceptors (Lipinski definition) is 3. The summed E-state index contributed by atoms with van der Waals surface area (Å²) in [6.07, 6.45) is -3.73. The fourth-order valence-corrected chi connectivity index (χ4v) is 0.960. The number of alkyl halides is 2. The Morgan fingerprint density at radius 2 is 2.20 bits per heavy atom. The Kier molecular flexibility index (Phi) is 6.54. The lowest BCUT2D eigenvalue weighted by Gasteiger charge is -2.12. The van der Waals surface area contributed by atoms with E-state index in [9.17, 15) is 13.6 Å². The molecule has 0 fully saturated rings. The number of nitrogens with one attached hydrogen (secondary N) is 1. The minimum atomic E-state index is -2.89. The van der Waals surface area contributed by atoms with E-state index in [1.807, 2.05) is 6.92 Å². The molecular formula is C9H14F2N2O2. The molecule has 6 heteroatoms. The zero-order chi connectivity index (χ0) is 11.8. The molecule has 4 nitrogen and oxygen atoms in total. The minimum absolute atomic E-state index is 0.382. The summed E-state index contributed by atoms with van der Waals surface area (Å²) in [4.78, 5) is 11.2. The predicted molar refractivity (Wildman–Crippen MR) is 49.0 cm³/mol. The first-order valence-electron chi connectivity index (χ1n) is 4.66. The maximum absolute atomic E-state index is 11.8. The standard InChI is InChI=1S/C9H14F2N2O2/c1-2-3-6(4-12)9(15)13-5-7(14)8(10)11/h6-8,14H,2-3,5H2,1H3,(H,13,15). The van der Waals surface area contributed by atoms with Crippen LogP contribution in [-0.2, 0) is 4.79 Å². The number of aliphatic hydroxyl groups excluding tert-OH is 1. The molecule has 2 unspecified atom stereocenters. The van der Waals surface area contributed by atoms with Crippen LogP contribution in [0.3, 0.4) is 0 Å². The van der Waals surface area contributed by atoms with Gasteiger partial charge in [0, 0.05) is 6.54 Å². The Morgan fingerprint density at radius 1 is 1.60 bits per heavy atom. The topological polar surface area (TPSA) is 73.1 Å². The van der Waals surface area contributed by atoms with Gasteiger partial charge in [-0.1, -0.05) is 13.3 Å². The number of carbonyl (C=O) groups is 1. The van der Waals surface area contributed by atoms with Gasteiger partial charge in [0.05, 0.1) is 6.07 Å². The van der Waals surface area contributed by atoms with Crippen molar-refractivity contribution >= 4 is 5.91 Å². The summed E-state index contributed by atoms with van der Waals surface area (Å²) in [5.41, 5.74) is 0. The molecule has 2 atom stereocenters. The Balaban J connectivity index is 3.97. The van der Waals surface area contributed by atoms with E-state index in [0.717, 1.165) is 0 Å². The van der Waals surface area contributed by atoms with E-state index >= 15 is 0 Å². The number of halogens is 2. The molecule has 0 rings (SSSR count). The van der Waals surface area contributed by atoms with Gasteiger partial charge in [0.15, 0.2) is 0 Å². The molecule has 0 radical (unpaired) electrons. The molecule has 0 aliphatic rings. The number of nitriles is 1. The molecule has 0 aromatic carbocycles. The Labute approximate surface area is 86.9 Å². The Hall–Kier alpha value is -1.22. The summed E-state index contributed by atoms with van der Waals surface area (Å²) in [6.45, 7) is 1.28. The van der Waals surface area contributed by atoms with Gasteiger partial charge in [0.25, 0.3) is 6.43 Å². The monoisotopic (exact) mass is 220 g/mol. The molecule has 86 valence electrons. The van der Waals surface area contributed by atoms with E-state index in [0.29, 0.717) is 12.8 Å². The molecule has 0 aliphatic carbocycles. The summed E-state index contributed by atoms with van der Waals surface area (Å²) in [5.74, 6) is -1.45. The van der Waals surface area contributed by atoms with Crippen molar-refractivity contribution in [3.05, 3.63) is 0 Å². The van der Waals surface area contributed by atoms with Gasteiger partial charge in [-0.2, -0.15) is 5.26 Å². The highest BCUT2D eigenvalue weighted by Crippen LogP contribution is 2.05. The number of amides is 1. The third kappa shape index (κ3) is 5.27. The smallest absolute Gasteiger partial charge is 0.265 e. The van der Waals surface area contributed by atoms with E-state index in [1.54, 1.807) is 6.07 Å². The summed E-state index contributed by atoms with van der Waals surface area (Å²) in [5, 5.41) is 19.4. The van der Waals surface area contributed by atoms with Crippen LogP contribution in [0.15, 0.2) is 0 Å². The third-order valence-electron chi connectivity index (χ3n) is 1.83. The van der Waals surface area contributed by atoms with Crippen molar-refractivity contribution in [1.29, 1.82) is 5.26 Å². The van der Waals surface area contributed by atoms with Gasteiger partial charge in [-0.25, -0.2) is 8.78 Å². The second kappa shape index (κ2) is 7.12. The highest BCUT2D eigenvalue weighted by molar-refractivity contribution is 5.80. The molecule has 0 heterocycles. The molecular weight excluding hydrogens is 206 g/mol. The predicted octanol–water partition coefficient (Wildman–Crippen LogP) is 0.668. The normalized spacial score (nSPS) is 14.4. The van der Waals surface area contributed by atoms with E-state index in [4.69, 9.17) is 10.4 Å². The zero-order valence-electron chi connectivity index (χ0n) is 8.41. The average molecular weight is 220 g/mol. The lowest BCUT2D eigenvalue weighted by molar-refractivity contribution is -0.124. The fourth-order valence-electron chi connectivity index (χ4n) is 0.960. The van der Waals surface area contributed by atoms with Crippen LogP contribution >= 0.6 is 0 Å². The maximum atomic E-state index is 11.8. The molecule has 0 aliphatic heterocycles. The van der Waals surface area contributed by atoms with Crippen molar-refractivity contribution in [1.82, 2.24) is 5.32 Å². The summed E-state index contributed by atoms with van der Waals surface area (Å²) in [6, 6.07) is 1.77. The summed E-state index contributed by atoms with van der Waals surface area (Å²) < 4.78 is 23.7. The van der Waals surface area contributed by atoms with Crippen molar-refractivity contribution in [3.63, 3.8) is 0 Å². The molecule has 0 aromatic rings. The highest BCUT2D eigenvalue weighted by atomic mass is 19.3. The quantitative estimate of drug-likeness (QED) is 0.691. The number of carbonyl (C=O) groups excluding carboxylic acids is 1. The van der Waals surface area contributed by atoms with Gasteiger partial charge in [-0.15, -0.1) is 0 Å². The highest BCUT2D eigenvalue weighted by Gasteiger charge is 2.21. The van der Waals surface area contributed by atoms with Gasteiger partial charge < -0.3 is 10.4 Å². The lowest BCUT2D eigenvalue weighted by atomic mass is 10.1. The molecule has 2 N–H and O–H groups in total. The zero-order valence-corrected chi connectivity index (χ0v) is 8.41. The van der Waals surface area contributed by atoms with E-state index < -0.39 is 30.9 Å². The maximum Gasteiger partial charge on any atom is 0.265 e. The minimum Gasteiger partial charge on any atom is -0.385 e. The largest absolute Gasteiger partial charge is 0.385 e. The first-order chi connectivity index (χ1) is 7.02. The van der Waals surface area contributed by atoms with E-state index in [2.05, 4.69) is 5.32 Å². The van der Waals surface area contributed by atoms with Crippen molar-refractivity contribution in [2.45, 2.75) is 32.3 Å². The molecule has 0 spiro atoms. The molecule has 15 heavy (non-hydrogen) atoms. The average Bonchev–Trinajstić information content (AvgIpc) is 2.21. The van der Waals surface area contributed by atoms with Crippen molar-refractivity contribution in [2.75, 3.05) is 6.54 Å². The van der Waals surface area contributed by atoms with Gasteiger partial charge in [-0.3, -0.25) is 4.79 Å². The second-order valence-corrected chi connectivity index (χ2v) is 3.12.